The molecule has 0 saturated heterocycles. The predicted octanol–water partition coefficient (Wildman–Crippen LogP) is 25.1. The van der Waals surface area contributed by atoms with Crippen LogP contribution in [0.3, 0.4) is 0 Å². The first kappa shape index (κ1) is 84.7. The zero-order valence-corrected chi connectivity index (χ0v) is 73.2. The number of thiocarbonyl (C=S) groups is 4. The van der Waals surface area contributed by atoms with Gasteiger partial charge in [-0.05, 0) is 233 Å². The van der Waals surface area contributed by atoms with E-state index in [1.165, 1.54) is 0 Å². The Hall–Kier alpha value is -9.20. The summed E-state index contributed by atoms with van der Waals surface area (Å²) in [5, 5.41) is 0. The molecule has 13 rings (SSSR count). The van der Waals surface area contributed by atoms with Crippen LogP contribution >= 0.6 is 99.4 Å². The van der Waals surface area contributed by atoms with Gasteiger partial charge in [-0.2, -0.15) is 0 Å². The molecule has 0 heterocycles. The van der Waals surface area contributed by atoms with Gasteiger partial charge in [-0.25, -0.2) is 0 Å². The summed E-state index contributed by atoms with van der Waals surface area (Å²) in [4.78, 5) is 8.83. The number of benzene rings is 12. The lowest BCUT2D eigenvalue weighted by atomic mass is 9.79. The monoisotopic (exact) mass is 1680 g/mol. The van der Waals surface area contributed by atoms with Crippen molar-refractivity contribution in [2.45, 2.75) is 131 Å². The third kappa shape index (κ3) is 22.7. The molecule has 12 aromatic rings. The minimum absolute atomic E-state index is 0.476. The van der Waals surface area contributed by atoms with E-state index in [0.717, 1.165) is 182 Å². The number of ether oxygens (including phenoxy) is 4. The van der Waals surface area contributed by atoms with Crippen LogP contribution in [0.25, 0.3) is 44.5 Å². The molecule has 0 radical (unpaired) electrons. The number of thiol groups is 4. The second-order valence-electron chi connectivity index (χ2n) is 29.9. The second-order valence-corrected chi connectivity index (χ2v) is 34.3. The molecule has 0 spiro atoms. The number of hydrogen-bond donors (Lipinski definition) is 4. The highest BCUT2D eigenvalue weighted by Gasteiger charge is 2.28. The lowest BCUT2D eigenvalue weighted by Gasteiger charge is -2.29. The van der Waals surface area contributed by atoms with Crippen LogP contribution in [-0.2, 0) is 78.0 Å². The van der Waals surface area contributed by atoms with Crippen molar-refractivity contribution in [2.75, 3.05) is 26.4 Å². The maximum atomic E-state index is 6.42. The fourth-order valence-electron chi connectivity index (χ4n) is 15.8. The number of rotatable bonds is 32. The molecule has 0 saturated carbocycles. The Kier molecular flexibility index (Phi) is 30.5. The molecule has 0 amide bonds. The molecule has 8 nitrogen and oxygen atoms in total. The van der Waals surface area contributed by atoms with Crippen molar-refractivity contribution in [2.24, 2.45) is 0 Å². The highest BCUT2D eigenvalue weighted by atomic mass is 32.1. The molecule has 0 aromatic heterocycles. The zero-order chi connectivity index (χ0) is 80.9. The Morgan fingerprint density at radius 2 is 0.405 bits per heavy atom. The van der Waals surface area contributed by atoms with Crippen LogP contribution < -0.4 is 18.9 Å². The summed E-state index contributed by atoms with van der Waals surface area (Å²) in [6, 6.07) is 96.8. The third-order valence-electron chi connectivity index (χ3n) is 20.9. The van der Waals surface area contributed by atoms with Gasteiger partial charge in [0.25, 0.3) is 0 Å². The second kappa shape index (κ2) is 41.8. The van der Waals surface area contributed by atoms with Gasteiger partial charge in [-0.1, -0.05) is 295 Å². The van der Waals surface area contributed by atoms with E-state index in [-0.39, 0.29) is 0 Å². The minimum Gasteiger partial charge on any atom is -0.494 e. The van der Waals surface area contributed by atoms with Crippen LogP contribution in [0, 0.1) is 0 Å². The maximum absolute atomic E-state index is 6.42. The summed E-state index contributed by atoms with van der Waals surface area (Å²) in [5.41, 5.74) is 26.7. The Balaban J connectivity index is 1.18. The quantitative estimate of drug-likeness (QED) is 0.0240. The first-order valence-corrected chi connectivity index (χ1v) is 43.6. The molecular weight excluding hydrogens is 1580 g/mol. The topological polar surface area (TPSA) is 49.9 Å². The molecule has 592 valence electrons. The number of nitrogens with zero attached hydrogens (tertiary/aromatic N) is 4. The largest absolute Gasteiger partial charge is 0.494 e. The Morgan fingerprint density at radius 3 is 0.560 bits per heavy atom. The van der Waals surface area contributed by atoms with E-state index < -0.39 is 0 Å². The first-order valence-electron chi connectivity index (χ1n) is 40.1. The van der Waals surface area contributed by atoms with Gasteiger partial charge >= 0.3 is 0 Å². The molecule has 0 aliphatic heterocycles. The normalized spacial score (nSPS) is 11.7. The predicted molar refractivity (Wildman–Crippen MR) is 511 cm³/mol. The van der Waals surface area contributed by atoms with E-state index in [0.29, 0.717) is 122 Å². The Labute approximate surface area is 730 Å². The molecule has 0 atom stereocenters. The van der Waals surface area contributed by atoms with Crippen molar-refractivity contribution < 1.29 is 18.9 Å². The summed E-state index contributed by atoms with van der Waals surface area (Å²) in [5.74, 6) is 3.25. The van der Waals surface area contributed by atoms with E-state index >= 15 is 0 Å². The highest BCUT2D eigenvalue weighted by molar-refractivity contribution is 8.11. The third-order valence-corrected chi connectivity index (χ3v) is 23.0. The van der Waals surface area contributed by atoms with Gasteiger partial charge in [-0.15, -0.1) is 50.5 Å². The van der Waals surface area contributed by atoms with Gasteiger partial charge in [0.05, 0.1) is 26.4 Å². The molecule has 12 aromatic carbocycles. The number of hydrogen-bond acceptors (Lipinski definition) is 8. The van der Waals surface area contributed by atoms with Crippen LogP contribution in [0.4, 0.5) is 0 Å². The maximum Gasteiger partial charge on any atom is 0.133 e. The van der Waals surface area contributed by atoms with Crippen LogP contribution in [-0.4, -0.2) is 63.3 Å². The van der Waals surface area contributed by atoms with Crippen LogP contribution in [0.15, 0.2) is 267 Å². The highest BCUT2D eigenvalue weighted by Crippen LogP contribution is 2.45. The molecule has 0 unspecified atom stereocenters. The summed E-state index contributed by atoms with van der Waals surface area (Å²) in [6.45, 7) is 15.1. The van der Waals surface area contributed by atoms with E-state index in [1.54, 1.807) is 0 Å². The summed E-state index contributed by atoms with van der Waals surface area (Å²) >= 11 is 44.9. The minimum atomic E-state index is 0.476. The fourth-order valence-corrected chi connectivity index (χ4v) is 16.8. The van der Waals surface area contributed by atoms with Gasteiger partial charge in [0.15, 0.2) is 0 Å². The molecule has 116 heavy (non-hydrogen) atoms. The fraction of sp³-hybridized carbons (Fsp3) is 0.240. The van der Waals surface area contributed by atoms with Crippen molar-refractivity contribution >= 4 is 117 Å². The van der Waals surface area contributed by atoms with Gasteiger partial charge in [0, 0.05) is 52.4 Å². The van der Waals surface area contributed by atoms with Gasteiger partial charge < -0.3 is 38.5 Å². The average Bonchev–Trinajstić information content (AvgIpc) is 0.754. The van der Waals surface area contributed by atoms with Crippen LogP contribution in [0.2, 0.25) is 0 Å². The smallest absolute Gasteiger partial charge is 0.133 e. The molecule has 8 bridgehead atoms. The number of fused-ring (bicyclic) bond motifs is 8. The van der Waals surface area contributed by atoms with Gasteiger partial charge in [-0.3, -0.25) is 0 Å². The molecule has 1 aliphatic carbocycles. The van der Waals surface area contributed by atoms with E-state index in [9.17, 15) is 0 Å². The van der Waals surface area contributed by atoms with Crippen molar-refractivity contribution in [1.82, 2.24) is 19.6 Å². The van der Waals surface area contributed by atoms with Crippen LogP contribution in [0.5, 0.6) is 23.0 Å². The Morgan fingerprint density at radius 1 is 0.241 bits per heavy atom. The van der Waals surface area contributed by atoms with Crippen molar-refractivity contribution in [3.05, 3.63) is 356 Å². The van der Waals surface area contributed by atoms with E-state index in [1.807, 2.05) is 0 Å². The van der Waals surface area contributed by atoms with Crippen molar-refractivity contribution in [3.63, 3.8) is 0 Å². The summed E-state index contributed by atoms with van der Waals surface area (Å²) in [7, 11) is 0. The lowest BCUT2D eigenvalue weighted by molar-refractivity contribution is 0.317. The first-order chi connectivity index (χ1) is 56.5. The standard InChI is InChI=1S/C100H100N4O4S8/c1-5-45-105-89-37-29-77(30-38-89)93-81-49-73(65-101(97(109)110)61-69-21-13-9-14-22-69)50-82(93)58-84-52-75(67-103(99(113)114)63-71-25-17-11-18-26-71)54-86(95(84)79-33-41-91(42-34-79)107-47-7-3)60-88-56-76(68-104(100(115)116)64-72-27-19-12-20-28-72)55-87(96(88)80-35-43-92(44-36-80)108-48-8-4)59-85-53-74(66-102(98(111)112)62-70-23-15-10-16-24-70)51-83(57-81)94(85)78-31-39-90(40-32-78)106-46-6-2/h9-44,49-56H,5-8,45-48,57-68H2,1-4H3,(H,109,110)(H,111,112)(H,113,114)(H,115,116). The Bertz CT molecular complexity index is 4570. The molecule has 0 N–H and O–H groups in total. The molecule has 16 heteroatoms. The SMILES string of the molecule is CCCOc1ccc(-c2c3cc(CN(Cc4ccccc4)C(=S)S)cc2Cc2cc(CN(Cc4ccccc4)C(=S)S)cc(c2-c2ccc(OCCC)cc2)Cc2cc(CN(Cc4ccccc4)C(=S)S)cc(c2-c2ccc(OCCC)cc2)Cc2cc(CN(Cc4ccccc4)C(=S)S)cc(c2-c2ccc(OCCC)cc2)C3)cc1. The van der Waals surface area contributed by atoms with Crippen LogP contribution in [0.1, 0.15) is 142 Å². The zero-order valence-electron chi connectivity index (χ0n) is 66.4. The lowest BCUT2D eigenvalue weighted by Crippen LogP contribution is -2.25. The van der Waals surface area contributed by atoms with Gasteiger partial charge in [0.2, 0.25) is 0 Å². The summed E-state index contributed by atoms with van der Waals surface area (Å²) in [6.07, 6.45) is 5.52. The van der Waals surface area contributed by atoms with Crippen molar-refractivity contribution in [3.8, 4) is 67.5 Å². The molecular formula is C100H100N4O4S8. The van der Waals surface area contributed by atoms with Gasteiger partial charge in [0.1, 0.15) is 40.3 Å². The molecule has 1 aliphatic rings. The molecule has 0 fully saturated rings. The average molecular weight is 1680 g/mol. The van der Waals surface area contributed by atoms with E-state index in [4.69, 9.17) is 118 Å². The van der Waals surface area contributed by atoms with E-state index in [2.05, 4.69) is 314 Å². The van der Waals surface area contributed by atoms with Crippen molar-refractivity contribution in [1.29, 1.82) is 0 Å². The summed E-state index contributed by atoms with van der Waals surface area (Å²) < 4.78 is 27.7.